The Morgan fingerprint density at radius 3 is 2.66 bits per heavy atom. The van der Waals surface area contributed by atoms with Gasteiger partial charge in [0.25, 0.3) is 11.8 Å². The molecule has 0 aliphatic heterocycles. The van der Waals surface area contributed by atoms with Crippen molar-refractivity contribution in [2.45, 2.75) is 33.9 Å². The summed E-state index contributed by atoms with van der Waals surface area (Å²) in [6.45, 7) is 6.81. The number of hydrogen-bond donors (Lipinski definition) is 2. The molecule has 2 aromatic carbocycles. The Kier molecular flexibility index (Phi) is 5.97. The van der Waals surface area contributed by atoms with Crippen LogP contribution in [0, 0.1) is 13.8 Å². The zero-order valence-electron chi connectivity index (χ0n) is 16.7. The summed E-state index contributed by atoms with van der Waals surface area (Å²) in [6.07, 6.45) is 1.59. The number of carbonyl (C=O) groups excluding carboxylic acids is 2. The third-order valence-electron chi connectivity index (χ3n) is 4.48. The molecule has 0 atom stereocenters. The topological polar surface area (TPSA) is 99.2 Å². The van der Waals surface area contributed by atoms with E-state index in [1.54, 1.807) is 29.1 Å². The molecule has 2 amide bonds. The number of nitrogens with one attached hydrogen (secondary N) is 1. The van der Waals surface area contributed by atoms with Gasteiger partial charge in [-0.05, 0) is 50.1 Å². The van der Waals surface area contributed by atoms with E-state index >= 15 is 0 Å². The summed E-state index contributed by atoms with van der Waals surface area (Å²) in [5.74, 6) is -0.233. The standard InChI is InChI=1S/C22H24N4O3/c1-4-26-12-18(20(25-26)21(23)27)24-22(28)17-7-5-6-16(11-17)13-29-19-9-8-14(2)10-15(19)3/h5-12H,4,13H2,1-3H3,(H2,23,27)(H,24,28). The van der Waals surface area contributed by atoms with Gasteiger partial charge in [0, 0.05) is 18.3 Å². The SMILES string of the molecule is CCn1cc(NC(=O)c2cccc(COc3ccc(C)cc3C)c2)c(C(N)=O)n1. The molecule has 0 spiro atoms. The van der Waals surface area contributed by atoms with Crippen LogP contribution in [-0.4, -0.2) is 21.6 Å². The lowest BCUT2D eigenvalue weighted by Gasteiger charge is -2.11. The molecule has 0 radical (unpaired) electrons. The molecule has 29 heavy (non-hydrogen) atoms. The second-order valence-corrected chi connectivity index (χ2v) is 6.82. The number of anilines is 1. The Bertz CT molecular complexity index is 1060. The van der Waals surface area contributed by atoms with E-state index < -0.39 is 5.91 Å². The van der Waals surface area contributed by atoms with Gasteiger partial charge in [-0.3, -0.25) is 14.3 Å². The van der Waals surface area contributed by atoms with Gasteiger partial charge in [-0.1, -0.05) is 29.8 Å². The molecule has 1 heterocycles. The van der Waals surface area contributed by atoms with Crippen LogP contribution in [0.3, 0.4) is 0 Å². The molecule has 0 unspecified atom stereocenters. The summed E-state index contributed by atoms with van der Waals surface area (Å²) in [5, 5.41) is 6.79. The summed E-state index contributed by atoms with van der Waals surface area (Å²) < 4.78 is 7.44. The minimum atomic E-state index is -0.692. The first-order valence-corrected chi connectivity index (χ1v) is 9.35. The smallest absolute Gasteiger partial charge is 0.271 e. The van der Waals surface area contributed by atoms with Crippen LogP contribution in [0.1, 0.15) is 44.5 Å². The number of aromatic nitrogens is 2. The molecular weight excluding hydrogens is 368 g/mol. The first-order valence-electron chi connectivity index (χ1n) is 9.35. The van der Waals surface area contributed by atoms with E-state index in [0.29, 0.717) is 24.4 Å². The van der Waals surface area contributed by atoms with Crippen molar-refractivity contribution in [2.24, 2.45) is 5.73 Å². The number of rotatable bonds is 7. The van der Waals surface area contributed by atoms with Gasteiger partial charge in [0.1, 0.15) is 12.4 Å². The average Bonchev–Trinajstić information content (AvgIpc) is 3.11. The molecule has 7 heteroatoms. The number of primary amides is 1. The van der Waals surface area contributed by atoms with Crippen molar-refractivity contribution < 1.29 is 14.3 Å². The molecule has 0 saturated heterocycles. The van der Waals surface area contributed by atoms with Crippen LogP contribution in [-0.2, 0) is 13.2 Å². The Hall–Kier alpha value is -3.61. The first-order chi connectivity index (χ1) is 13.9. The molecule has 1 aromatic heterocycles. The lowest BCUT2D eigenvalue weighted by molar-refractivity contribution is 0.0995. The molecule has 3 rings (SSSR count). The molecule has 0 bridgehead atoms. The van der Waals surface area contributed by atoms with E-state index in [9.17, 15) is 9.59 Å². The maximum Gasteiger partial charge on any atom is 0.271 e. The van der Waals surface area contributed by atoms with E-state index in [0.717, 1.165) is 16.9 Å². The van der Waals surface area contributed by atoms with Crippen molar-refractivity contribution in [3.05, 3.63) is 76.6 Å². The molecule has 3 N–H and O–H groups in total. The van der Waals surface area contributed by atoms with Crippen LogP contribution in [0.4, 0.5) is 5.69 Å². The summed E-state index contributed by atoms with van der Waals surface area (Å²) in [5.41, 5.74) is 9.23. The molecule has 0 saturated carbocycles. The lowest BCUT2D eigenvalue weighted by atomic mass is 10.1. The van der Waals surface area contributed by atoms with Gasteiger partial charge in [0.2, 0.25) is 0 Å². The highest BCUT2D eigenvalue weighted by Crippen LogP contribution is 2.21. The van der Waals surface area contributed by atoms with E-state index in [-0.39, 0.29) is 11.6 Å². The second kappa shape index (κ2) is 8.60. The van der Waals surface area contributed by atoms with Gasteiger partial charge in [0.05, 0.1) is 5.69 Å². The fraction of sp³-hybridized carbons (Fsp3) is 0.227. The van der Waals surface area contributed by atoms with Crippen molar-refractivity contribution in [3.63, 3.8) is 0 Å². The summed E-state index contributed by atoms with van der Waals surface area (Å²) in [6, 6.07) is 13.1. The number of amides is 2. The Morgan fingerprint density at radius 1 is 1.17 bits per heavy atom. The molecule has 3 aromatic rings. The van der Waals surface area contributed by atoms with Gasteiger partial charge in [-0.25, -0.2) is 0 Å². The minimum absolute atomic E-state index is 0.0366. The maximum atomic E-state index is 12.7. The summed E-state index contributed by atoms with van der Waals surface area (Å²) in [4.78, 5) is 24.2. The highest BCUT2D eigenvalue weighted by Gasteiger charge is 2.17. The van der Waals surface area contributed by atoms with Crippen molar-refractivity contribution in [1.29, 1.82) is 0 Å². The van der Waals surface area contributed by atoms with Crippen LogP contribution >= 0.6 is 0 Å². The number of nitrogens with zero attached hydrogens (tertiary/aromatic N) is 2. The first kappa shape index (κ1) is 20.1. The normalized spacial score (nSPS) is 10.6. The molecule has 150 valence electrons. The van der Waals surface area contributed by atoms with Crippen molar-refractivity contribution >= 4 is 17.5 Å². The lowest BCUT2D eigenvalue weighted by Crippen LogP contribution is -2.18. The van der Waals surface area contributed by atoms with Crippen LogP contribution < -0.4 is 15.8 Å². The number of ether oxygens (including phenoxy) is 1. The minimum Gasteiger partial charge on any atom is -0.489 e. The zero-order chi connectivity index (χ0) is 21.0. The predicted octanol–water partition coefficient (Wildman–Crippen LogP) is 3.45. The number of nitrogens with two attached hydrogens (primary N) is 1. The van der Waals surface area contributed by atoms with Crippen LogP contribution in [0.15, 0.2) is 48.7 Å². The second-order valence-electron chi connectivity index (χ2n) is 6.82. The van der Waals surface area contributed by atoms with Gasteiger partial charge >= 0.3 is 0 Å². The van der Waals surface area contributed by atoms with Gasteiger partial charge < -0.3 is 15.8 Å². The highest BCUT2D eigenvalue weighted by molar-refractivity contribution is 6.08. The van der Waals surface area contributed by atoms with Crippen LogP contribution in [0.5, 0.6) is 5.75 Å². The van der Waals surface area contributed by atoms with Gasteiger partial charge in [0.15, 0.2) is 5.69 Å². The van der Waals surface area contributed by atoms with Crippen LogP contribution in [0.2, 0.25) is 0 Å². The predicted molar refractivity (Wildman–Crippen MR) is 111 cm³/mol. The fourth-order valence-electron chi connectivity index (χ4n) is 2.98. The number of carbonyl (C=O) groups is 2. The molecule has 0 aliphatic rings. The van der Waals surface area contributed by atoms with Gasteiger partial charge in [-0.15, -0.1) is 0 Å². The summed E-state index contributed by atoms with van der Waals surface area (Å²) >= 11 is 0. The fourth-order valence-corrected chi connectivity index (χ4v) is 2.98. The number of benzene rings is 2. The van der Waals surface area contributed by atoms with Crippen molar-refractivity contribution in [1.82, 2.24) is 9.78 Å². The Balaban J connectivity index is 1.73. The van der Waals surface area contributed by atoms with Crippen molar-refractivity contribution in [3.8, 4) is 5.75 Å². The third kappa shape index (κ3) is 4.82. The van der Waals surface area contributed by atoms with E-state index in [1.807, 2.05) is 39.0 Å². The van der Waals surface area contributed by atoms with E-state index in [4.69, 9.17) is 10.5 Å². The number of aryl methyl sites for hydroxylation is 3. The van der Waals surface area contributed by atoms with Crippen LogP contribution in [0.25, 0.3) is 0 Å². The molecular formula is C22H24N4O3. The van der Waals surface area contributed by atoms with Crippen molar-refractivity contribution in [2.75, 3.05) is 5.32 Å². The molecule has 7 nitrogen and oxygen atoms in total. The maximum absolute atomic E-state index is 12.7. The monoisotopic (exact) mass is 392 g/mol. The van der Waals surface area contributed by atoms with E-state index in [2.05, 4.69) is 16.5 Å². The number of hydrogen-bond acceptors (Lipinski definition) is 4. The molecule has 0 aliphatic carbocycles. The zero-order valence-corrected chi connectivity index (χ0v) is 16.7. The third-order valence-corrected chi connectivity index (χ3v) is 4.48. The summed E-state index contributed by atoms with van der Waals surface area (Å²) in [7, 11) is 0. The van der Waals surface area contributed by atoms with E-state index in [1.165, 1.54) is 5.56 Å². The van der Waals surface area contributed by atoms with Gasteiger partial charge in [-0.2, -0.15) is 5.10 Å². The Labute approximate surface area is 169 Å². The quantitative estimate of drug-likeness (QED) is 0.643. The molecule has 0 fully saturated rings. The highest BCUT2D eigenvalue weighted by atomic mass is 16.5. The average molecular weight is 392 g/mol. The Morgan fingerprint density at radius 2 is 1.97 bits per heavy atom. The largest absolute Gasteiger partial charge is 0.489 e.